The van der Waals surface area contributed by atoms with Crippen LogP contribution in [0, 0.1) is 0 Å². The molecule has 0 fully saturated rings. The molecule has 2 aromatic rings. The van der Waals surface area contributed by atoms with Crippen LogP contribution in [0.5, 0.6) is 0 Å². The van der Waals surface area contributed by atoms with Crippen molar-refractivity contribution in [3.63, 3.8) is 0 Å². The third-order valence-electron chi connectivity index (χ3n) is 2.51. The van der Waals surface area contributed by atoms with E-state index >= 15 is 0 Å². The minimum Gasteiger partial charge on any atom is -0.320 e. The summed E-state index contributed by atoms with van der Waals surface area (Å²) in [5.41, 5.74) is 1.24. The summed E-state index contributed by atoms with van der Waals surface area (Å²) in [5, 5.41) is 2.69. The largest absolute Gasteiger partial charge is 0.320 e. The summed E-state index contributed by atoms with van der Waals surface area (Å²) in [7, 11) is 0. The van der Waals surface area contributed by atoms with Crippen molar-refractivity contribution in [2.75, 3.05) is 5.32 Å². The molecule has 1 amide bonds. The average Bonchev–Trinajstić information content (AvgIpc) is 2.41. The Labute approximate surface area is 119 Å². The number of Topliss-reactive ketones (excluding diaryl/α,β-unsaturated/α-hetero) is 1. The number of aromatic nitrogens is 1. The van der Waals surface area contributed by atoms with E-state index in [4.69, 9.17) is 0 Å². The SMILES string of the molecule is CC(=O)c1cc(Br)ccc1NC(=O)c1ccccn1. The first-order valence-electron chi connectivity index (χ1n) is 5.61. The van der Waals surface area contributed by atoms with Crippen molar-refractivity contribution in [2.24, 2.45) is 0 Å². The molecule has 96 valence electrons. The predicted molar refractivity (Wildman–Crippen MR) is 76.3 cm³/mol. The highest BCUT2D eigenvalue weighted by atomic mass is 79.9. The van der Waals surface area contributed by atoms with Crippen molar-refractivity contribution in [1.29, 1.82) is 0 Å². The van der Waals surface area contributed by atoms with Crippen LogP contribution in [0.2, 0.25) is 0 Å². The first-order chi connectivity index (χ1) is 9.08. The topological polar surface area (TPSA) is 59.1 Å². The summed E-state index contributed by atoms with van der Waals surface area (Å²) in [5.74, 6) is -0.456. The van der Waals surface area contributed by atoms with Gasteiger partial charge in [-0.15, -0.1) is 0 Å². The molecule has 0 spiro atoms. The zero-order chi connectivity index (χ0) is 13.8. The maximum Gasteiger partial charge on any atom is 0.274 e. The number of ketones is 1. The Hall–Kier alpha value is -2.01. The highest BCUT2D eigenvalue weighted by Crippen LogP contribution is 2.22. The fourth-order valence-electron chi connectivity index (χ4n) is 1.60. The molecule has 2 rings (SSSR count). The van der Waals surface area contributed by atoms with Gasteiger partial charge in [-0.3, -0.25) is 14.6 Å². The molecule has 19 heavy (non-hydrogen) atoms. The van der Waals surface area contributed by atoms with E-state index in [0.717, 1.165) is 4.47 Å². The molecule has 0 aliphatic carbocycles. The lowest BCUT2D eigenvalue weighted by atomic mass is 10.1. The van der Waals surface area contributed by atoms with E-state index in [9.17, 15) is 9.59 Å². The summed E-state index contributed by atoms with van der Waals surface area (Å²) in [6.45, 7) is 1.46. The second kappa shape index (κ2) is 5.75. The lowest BCUT2D eigenvalue weighted by Crippen LogP contribution is -2.15. The quantitative estimate of drug-likeness (QED) is 0.883. The smallest absolute Gasteiger partial charge is 0.274 e. The highest BCUT2D eigenvalue weighted by molar-refractivity contribution is 9.10. The van der Waals surface area contributed by atoms with Gasteiger partial charge in [-0.25, -0.2) is 0 Å². The molecule has 0 radical (unpaired) electrons. The Balaban J connectivity index is 2.29. The van der Waals surface area contributed by atoms with Gasteiger partial charge in [0.1, 0.15) is 5.69 Å². The number of hydrogen-bond acceptors (Lipinski definition) is 3. The van der Waals surface area contributed by atoms with E-state index in [1.165, 1.54) is 6.92 Å². The van der Waals surface area contributed by atoms with Gasteiger partial charge >= 0.3 is 0 Å². The number of benzene rings is 1. The highest BCUT2D eigenvalue weighted by Gasteiger charge is 2.12. The van der Waals surface area contributed by atoms with E-state index in [-0.39, 0.29) is 11.7 Å². The van der Waals surface area contributed by atoms with Crippen molar-refractivity contribution < 1.29 is 9.59 Å². The zero-order valence-corrected chi connectivity index (χ0v) is 11.8. The van der Waals surface area contributed by atoms with Crippen molar-refractivity contribution in [3.8, 4) is 0 Å². The Morgan fingerprint density at radius 1 is 1.21 bits per heavy atom. The minimum atomic E-state index is -0.342. The molecule has 1 heterocycles. The van der Waals surface area contributed by atoms with Crippen LogP contribution in [0.3, 0.4) is 0 Å². The molecule has 0 saturated heterocycles. The van der Waals surface area contributed by atoms with Crippen molar-refractivity contribution in [3.05, 3.63) is 58.3 Å². The first-order valence-corrected chi connectivity index (χ1v) is 6.40. The molecule has 0 saturated carbocycles. The number of amides is 1. The summed E-state index contributed by atoms with van der Waals surface area (Å²) in [6.07, 6.45) is 1.54. The van der Waals surface area contributed by atoms with Crippen molar-refractivity contribution in [2.45, 2.75) is 6.92 Å². The summed E-state index contributed by atoms with van der Waals surface area (Å²) in [6, 6.07) is 10.2. The molecule has 0 bridgehead atoms. The van der Waals surface area contributed by atoms with Crippen LogP contribution in [0.25, 0.3) is 0 Å². The van der Waals surface area contributed by atoms with E-state index in [1.54, 1.807) is 42.6 Å². The number of carbonyl (C=O) groups excluding carboxylic acids is 2. The molecule has 0 aliphatic rings. The van der Waals surface area contributed by atoms with Gasteiger partial charge in [0.25, 0.3) is 5.91 Å². The summed E-state index contributed by atoms with van der Waals surface area (Å²) >= 11 is 3.30. The molecule has 0 aliphatic heterocycles. The number of nitrogens with zero attached hydrogens (tertiary/aromatic N) is 1. The van der Waals surface area contributed by atoms with Crippen LogP contribution in [0.4, 0.5) is 5.69 Å². The number of rotatable bonds is 3. The van der Waals surface area contributed by atoms with Gasteiger partial charge in [0.05, 0.1) is 5.69 Å². The zero-order valence-electron chi connectivity index (χ0n) is 10.2. The van der Waals surface area contributed by atoms with Crippen LogP contribution >= 0.6 is 15.9 Å². The third-order valence-corrected chi connectivity index (χ3v) is 3.00. The molecular formula is C14H11BrN2O2. The molecule has 1 aromatic heterocycles. The molecule has 0 atom stereocenters. The Bertz CT molecular complexity index is 627. The van der Waals surface area contributed by atoms with Crippen molar-refractivity contribution in [1.82, 2.24) is 4.98 Å². The van der Waals surface area contributed by atoms with Gasteiger partial charge in [0.2, 0.25) is 0 Å². The van der Waals surface area contributed by atoms with Crippen molar-refractivity contribution >= 4 is 33.3 Å². The number of anilines is 1. The monoisotopic (exact) mass is 318 g/mol. The van der Waals surface area contributed by atoms with Crippen LogP contribution in [0.1, 0.15) is 27.8 Å². The van der Waals surface area contributed by atoms with Gasteiger partial charge in [-0.05, 0) is 37.3 Å². The molecule has 1 aromatic carbocycles. The second-order valence-corrected chi connectivity index (χ2v) is 4.83. The fourth-order valence-corrected chi connectivity index (χ4v) is 1.96. The second-order valence-electron chi connectivity index (χ2n) is 3.92. The molecule has 5 heteroatoms. The number of pyridine rings is 1. The normalized spacial score (nSPS) is 10.0. The third kappa shape index (κ3) is 3.26. The lowest BCUT2D eigenvalue weighted by molar-refractivity contribution is 0.101. The fraction of sp³-hybridized carbons (Fsp3) is 0.0714. The molecule has 0 unspecified atom stereocenters. The summed E-state index contributed by atoms with van der Waals surface area (Å²) < 4.78 is 0.786. The Morgan fingerprint density at radius 3 is 2.63 bits per heavy atom. The molecule has 1 N–H and O–H groups in total. The van der Waals surface area contributed by atoms with E-state index < -0.39 is 0 Å². The lowest BCUT2D eigenvalue weighted by Gasteiger charge is -2.09. The van der Waals surface area contributed by atoms with Crippen LogP contribution in [-0.2, 0) is 0 Å². The van der Waals surface area contributed by atoms with Crippen LogP contribution in [-0.4, -0.2) is 16.7 Å². The van der Waals surface area contributed by atoms with E-state index in [2.05, 4.69) is 26.2 Å². The van der Waals surface area contributed by atoms with Crippen LogP contribution in [0.15, 0.2) is 47.1 Å². The number of carbonyl (C=O) groups is 2. The molecule has 4 nitrogen and oxygen atoms in total. The predicted octanol–water partition coefficient (Wildman–Crippen LogP) is 3.30. The summed E-state index contributed by atoms with van der Waals surface area (Å²) in [4.78, 5) is 27.5. The van der Waals surface area contributed by atoms with E-state index in [0.29, 0.717) is 16.9 Å². The van der Waals surface area contributed by atoms with Gasteiger partial charge in [0.15, 0.2) is 5.78 Å². The molecular weight excluding hydrogens is 308 g/mol. The standard InChI is InChI=1S/C14H11BrN2O2/c1-9(18)11-8-10(15)5-6-12(11)17-14(19)13-4-2-3-7-16-13/h2-8H,1H3,(H,17,19). The maximum absolute atomic E-state index is 12.0. The first kappa shape index (κ1) is 13.4. The Kier molecular flexibility index (Phi) is 4.06. The number of hydrogen-bond donors (Lipinski definition) is 1. The average molecular weight is 319 g/mol. The number of nitrogens with one attached hydrogen (secondary N) is 1. The number of halogens is 1. The van der Waals surface area contributed by atoms with E-state index in [1.807, 2.05) is 0 Å². The maximum atomic E-state index is 12.0. The van der Waals surface area contributed by atoms with Gasteiger partial charge in [-0.2, -0.15) is 0 Å². The van der Waals surface area contributed by atoms with Gasteiger partial charge in [0, 0.05) is 16.2 Å². The van der Waals surface area contributed by atoms with Crippen LogP contribution < -0.4 is 5.32 Å². The van der Waals surface area contributed by atoms with Gasteiger partial charge in [-0.1, -0.05) is 22.0 Å². The van der Waals surface area contributed by atoms with Gasteiger partial charge < -0.3 is 5.32 Å². The minimum absolute atomic E-state index is 0.113. The Morgan fingerprint density at radius 2 is 2.00 bits per heavy atom.